The van der Waals surface area contributed by atoms with Gasteiger partial charge in [-0.3, -0.25) is 0 Å². The molecule has 2 heterocycles. The summed E-state index contributed by atoms with van der Waals surface area (Å²) in [4.78, 5) is 16.2. The summed E-state index contributed by atoms with van der Waals surface area (Å²) >= 11 is 0. The summed E-state index contributed by atoms with van der Waals surface area (Å²) < 4.78 is 11.8. The summed E-state index contributed by atoms with van der Waals surface area (Å²) in [6.45, 7) is 5.48. The van der Waals surface area contributed by atoms with Crippen LogP contribution in [-0.4, -0.2) is 28.4 Å². The highest BCUT2D eigenvalue weighted by Crippen LogP contribution is 2.20. The number of fused-ring (bicyclic) bond motifs is 1. The molecular weight excluding hydrogens is 232 g/mol. The van der Waals surface area contributed by atoms with Crippen molar-refractivity contribution in [1.29, 1.82) is 0 Å². The monoisotopic (exact) mass is 248 g/mol. The lowest BCUT2D eigenvalue weighted by molar-refractivity contribution is 0.0543. The van der Waals surface area contributed by atoms with Crippen LogP contribution < -0.4 is 4.74 Å². The van der Waals surface area contributed by atoms with E-state index in [9.17, 15) is 4.79 Å². The molecule has 0 aliphatic heterocycles. The average molecular weight is 248 g/mol. The minimum Gasteiger partial charge on any atom is -0.495 e. The van der Waals surface area contributed by atoms with E-state index < -0.39 is 11.7 Å². The summed E-state index contributed by atoms with van der Waals surface area (Å²) in [6.07, 6.45) is 2.78. The molecule has 2 rings (SSSR count). The van der Waals surface area contributed by atoms with E-state index in [1.54, 1.807) is 25.6 Å². The predicted octanol–water partition coefficient (Wildman–Crippen LogP) is 2.83. The van der Waals surface area contributed by atoms with E-state index in [0.29, 0.717) is 11.4 Å². The number of carbonyl (C=O) groups excluding carboxylic acids is 1. The Kier molecular flexibility index (Phi) is 2.98. The lowest BCUT2D eigenvalue weighted by atomic mass is 10.2. The molecule has 5 heteroatoms. The van der Waals surface area contributed by atoms with Crippen LogP contribution in [-0.2, 0) is 4.74 Å². The predicted molar refractivity (Wildman–Crippen MR) is 67.9 cm³/mol. The first kappa shape index (κ1) is 12.4. The Morgan fingerprint density at radius 1 is 1.39 bits per heavy atom. The maximum atomic E-state index is 12.0. The van der Waals surface area contributed by atoms with Crippen molar-refractivity contribution in [3.05, 3.63) is 24.5 Å². The molecule has 0 spiro atoms. The van der Waals surface area contributed by atoms with Gasteiger partial charge in [-0.05, 0) is 32.9 Å². The molecule has 5 nitrogen and oxygen atoms in total. The van der Waals surface area contributed by atoms with Crippen LogP contribution in [0.25, 0.3) is 11.0 Å². The molecule has 0 aliphatic carbocycles. The van der Waals surface area contributed by atoms with E-state index in [4.69, 9.17) is 9.47 Å². The highest BCUT2D eigenvalue weighted by Gasteiger charge is 2.19. The molecule has 0 bridgehead atoms. The van der Waals surface area contributed by atoms with Crippen molar-refractivity contribution < 1.29 is 14.3 Å². The van der Waals surface area contributed by atoms with Gasteiger partial charge >= 0.3 is 6.09 Å². The van der Waals surface area contributed by atoms with Gasteiger partial charge in [0.15, 0.2) is 0 Å². The number of ether oxygens (including phenoxy) is 2. The summed E-state index contributed by atoms with van der Waals surface area (Å²) in [5, 5.41) is 0.834. The number of aromatic nitrogens is 2. The Morgan fingerprint density at radius 3 is 2.72 bits per heavy atom. The van der Waals surface area contributed by atoms with Gasteiger partial charge in [0.1, 0.15) is 17.0 Å². The molecule has 0 amide bonds. The molecular formula is C13H16N2O3. The fourth-order valence-electron chi connectivity index (χ4n) is 1.57. The zero-order valence-electron chi connectivity index (χ0n) is 10.9. The maximum absolute atomic E-state index is 12.0. The van der Waals surface area contributed by atoms with Crippen molar-refractivity contribution in [2.24, 2.45) is 0 Å². The topological polar surface area (TPSA) is 53.4 Å². The third kappa shape index (κ3) is 2.45. The highest BCUT2D eigenvalue weighted by molar-refractivity contribution is 5.87. The minimum atomic E-state index is -0.528. The fourth-order valence-corrected chi connectivity index (χ4v) is 1.57. The second kappa shape index (κ2) is 4.33. The third-order valence-electron chi connectivity index (χ3n) is 2.33. The van der Waals surface area contributed by atoms with Crippen LogP contribution in [0.2, 0.25) is 0 Å². The molecule has 96 valence electrons. The van der Waals surface area contributed by atoms with Crippen LogP contribution >= 0.6 is 0 Å². The maximum Gasteiger partial charge on any atom is 0.420 e. The van der Waals surface area contributed by atoms with Crippen LogP contribution in [0.5, 0.6) is 5.75 Å². The number of hydrogen-bond donors (Lipinski definition) is 0. The quantitative estimate of drug-likeness (QED) is 0.778. The van der Waals surface area contributed by atoms with Gasteiger partial charge < -0.3 is 9.47 Å². The lowest BCUT2D eigenvalue weighted by Gasteiger charge is -2.19. The first-order chi connectivity index (χ1) is 8.40. The van der Waals surface area contributed by atoms with Crippen molar-refractivity contribution in [2.45, 2.75) is 26.4 Å². The van der Waals surface area contributed by atoms with E-state index in [0.717, 1.165) is 5.39 Å². The summed E-state index contributed by atoms with van der Waals surface area (Å²) in [6, 6.07) is 3.62. The molecule has 0 fully saturated rings. The number of nitrogens with zero attached hydrogens (tertiary/aromatic N) is 2. The fraction of sp³-hybridized carbons (Fsp3) is 0.385. The molecule has 0 saturated heterocycles. The van der Waals surface area contributed by atoms with Crippen molar-refractivity contribution in [3.63, 3.8) is 0 Å². The number of pyridine rings is 1. The van der Waals surface area contributed by atoms with Crippen molar-refractivity contribution in [3.8, 4) is 5.75 Å². The Morgan fingerprint density at radius 2 is 2.11 bits per heavy atom. The van der Waals surface area contributed by atoms with E-state index in [1.807, 2.05) is 26.8 Å². The van der Waals surface area contributed by atoms with Gasteiger partial charge in [0.05, 0.1) is 13.3 Å². The molecule has 0 aromatic carbocycles. The van der Waals surface area contributed by atoms with Gasteiger partial charge in [-0.25, -0.2) is 14.3 Å². The molecule has 0 unspecified atom stereocenters. The lowest BCUT2D eigenvalue weighted by Crippen LogP contribution is -2.26. The zero-order valence-corrected chi connectivity index (χ0v) is 10.9. The molecule has 2 aromatic rings. The van der Waals surface area contributed by atoms with Crippen LogP contribution in [0.4, 0.5) is 4.79 Å². The molecule has 0 saturated carbocycles. The van der Waals surface area contributed by atoms with Gasteiger partial charge in [0.25, 0.3) is 0 Å². The average Bonchev–Trinajstić information content (AvgIpc) is 2.69. The molecule has 2 aromatic heterocycles. The zero-order chi connectivity index (χ0) is 13.3. The molecule has 0 N–H and O–H groups in total. The first-order valence-electron chi connectivity index (χ1n) is 5.65. The Labute approximate surface area is 105 Å². The van der Waals surface area contributed by atoms with Crippen molar-refractivity contribution in [2.75, 3.05) is 7.11 Å². The van der Waals surface area contributed by atoms with Gasteiger partial charge in [0.2, 0.25) is 0 Å². The van der Waals surface area contributed by atoms with Gasteiger partial charge in [0, 0.05) is 11.6 Å². The van der Waals surface area contributed by atoms with Crippen LogP contribution in [0.3, 0.4) is 0 Å². The van der Waals surface area contributed by atoms with Gasteiger partial charge in [-0.15, -0.1) is 0 Å². The standard InChI is InChI=1S/C13H16N2O3/c1-13(2,3)18-12(16)15-6-5-9-7-10(17-4)8-14-11(9)15/h5-8H,1-4H3. The summed E-state index contributed by atoms with van der Waals surface area (Å²) in [7, 11) is 1.58. The largest absolute Gasteiger partial charge is 0.495 e. The summed E-state index contributed by atoms with van der Waals surface area (Å²) in [5.74, 6) is 0.657. The molecule has 0 aliphatic rings. The van der Waals surface area contributed by atoms with E-state index in [1.165, 1.54) is 4.57 Å². The van der Waals surface area contributed by atoms with Gasteiger partial charge in [-0.1, -0.05) is 0 Å². The minimum absolute atomic E-state index is 0.435. The van der Waals surface area contributed by atoms with Gasteiger partial charge in [-0.2, -0.15) is 0 Å². The molecule has 0 radical (unpaired) electrons. The third-order valence-corrected chi connectivity index (χ3v) is 2.33. The second-order valence-electron chi connectivity index (χ2n) is 4.95. The molecule has 18 heavy (non-hydrogen) atoms. The van der Waals surface area contributed by atoms with Crippen LogP contribution in [0.15, 0.2) is 24.5 Å². The second-order valence-corrected chi connectivity index (χ2v) is 4.95. The number of methoxy groups -OCH3 is 1. The van der Waals surface area contributed by atoms with Crippen molar-refractivity contribution in [1.82, 2.24) is 9.55 Å². The Bertz CT molecular complexity index is 581. The SMILES string of the molecule is COc1cnc2c(ccn2C(=O)OC(C)(C)C)c1. The van der Waals surface area contributed by atoms with E-state index in [2.05, 4.69) is 4.98 Å². The highest BCUT2D eigenvalue weighted by atomic mass is 16.6. The summed E-state index contributed by atoms with van der Waals surface area (Å²) in [5.41, 5.74) is 0.0326. The first-order valence-corrected chi connectivity index (χ1v) is 5.65. The van der Waals surface area contributed by atoms with Crippen LogP contribution in [0.1, 0.15) is 20.8 Å². The van der Waals surface area contributed by atoms with E-state index >= 15 is 0 Å². The number of rotatable bonds is 1. The Hall–Kier alpha value is -2.04. The normalized spacial score (nSPS) is 11.6. The number of carbonyl (C=O) groups is 1. The number of hydrogen-bond acceptors (Lipinski definition) is 4. The van der Waals surface area contributed by atoms with Crippen LogP contribution in [0, 0.1) is 0 Å². The Balaban J connectivity index is 2.38. The smallest absolute Gasteiger partial charge is 0.420 e. The van der Waals surface area contributed by atoms with E-state index in [-0.39, 0.29) is 0 Å². The van der Waals surface area contributed by atoms with Crippen molar-refractivity contribution >= 4 is 17.1 Å². The molecule has 0 atom stereocenters.